The Kier molecular flexibility index (Phi) is 2.44. The first-order valence-corrected chi connectivity index (χ1v) is 4.95. The number of aromatic hydroxyl groups is 1. The molecule has 0 saturated carbocycles. The number of aromatic carboxylic acids is 1. The summed E-state index contributed by atoms with van der Waals surface area (Å²) in [6.07, 6.45) is 0. The molecule has 1 heterocycles. The van der Waals surface area contributed by atoms with Crippen molar-refractivity contribution in [3.8, 4) is 17.2 Å². The quantitative estimate of drug-likeness (QED) is 0.814. The lowest BCUT2D eigenvalue weighted by atomic mass is 10.1. The van der Waals surface area contributed by atoms with Crippen LogP contribution in [0.1, 0.15) is 10.4 Å². The molecular formula is C9H7BrO5. The Morgan fingerprint density at radius 3 is 2.73 bits per heavy atom. The van der Waals surface area contributed by atoms with Crippen molar-refractivity contribution in [2.45, 2.75) is 0 Å². The van der Waals surface area contributed by atoms with Gasteiger partial charge in [-0.15, -0.1) is 0 Å². The first-order chi connectivity index (χ1) is 7.11. The van der Waals surface area contributed by atoms with Gasteiger partial charge in [0.1, 0.15) is 24.5 Å². The molecular weight excluding hydrogens is 268 g/mol. The molecule has 1 aromatic carbocycles. The molecule has 0 amide bonds. The van der Waals surface area contributed by atoms with Crippen LogP contribution in [-0.2, 0) is 0 Å². The molecule has 0 bridgehead atoms. The van der Waals surface area contributed by atoms with Gasteiger partial charge in [0.15, 0.2) is 11.5 Å². The summed E-state index contributed by atoms with van der Waals surface area (Å²) in [5.41, 5.74) is -0.279. The lowest BCUT2D eigenvalue weighted by molar-refractivity contribution is 0.0682. The zero-order valence-corrected chi connectivity index (χ0v) is 9.07. The van der Waals surface area contributed by atoms with Crippen LogP contribution in [0.3, 0.4) is 0 Å². The van der Waals surface area contributed by atoms with Crippen molar-refractivity contribution in [1.29, 1.82) is 0 Å². The van der Waals surface area contributed by atoms with E-state index in [1.54, 1.807) is 0 Å². The zero-order chi connectivity index (χ0) is 11.0. The van der Waals surface area contributed by atoms with Crippen LogP contribution in [0, 0.1) is 0 Å². The number of hydrogen-bond donors (Lipinski definition) is 2. The van der Waals surface area contributed by atoms with Crippen LogP contribution < -0.4 is 9.47 Å². The van der Waals surface area contributed by atoms with Crippen LogP contribution in [0.4, 0.5) is 0 Å². The van der Waals surface area contributed by atoms with Gasteiger partial charge in [0.2, 0.25) is 0 Å². The van der Waals surface area contributed by atoms with Crippen LogP contribution in [0.25, 0.3) is 0 Å². The topological polar surface area (TPSA) is 76.0 Å². The minimum absolute atomic E-state index is 0.0782. The normalized spacial score (nSPS) is 13.7. The standard InChI is InChI=1S/C9H7BrO5/c10-4-3-5-8(15-2-1-14-5)6(7(4)11)9(12)13/h3,11H,1-2H2,(H,12,13). The highest BCUT2D eigenvalue weighted by molar-refractivity contribution is 9.10. The van der Waals surface area contributed by atoms with Gasteiger partial charge in [0, 0.05) is 6.07 Å². The molecule has 6 heteroatoms. The van der Waals surface area contributed by atoms with Gasteiger partial charge in [0.25, 0.3) is 0 Å². The number of rotatable bonds is 1. The van der Waals surface area contributed by atoms with E-state index in [1.807, 2.05) is 0 Å². The summed E-state index contributed by atoms with van der Waals surface area (Å²) in [5, 5.41) is 18.5. The number of halogens is 1. The minimum atomic E-state index is -1.25. The number of hydrogen-bond acceptors (Lipinski definition) is 4. The maximum Gasteiger partial charge on any atom is 0.343 e. The number of carboxylic acids is 1. The van der Waals surface area contributed by atoms with E-state index in [1.165, 1.54) is 6.07 Å². The molecule has 2 rings (SSSR count). The molecule has 1 aliphatic rings. The number of benzene rings is 1. The van der Waals surface area contributed by atoms with Gasteiger partial charge in [-0.3, -0.25) is 0 Å². The average molecular weight is 275 g/mol. The largest absolute Gasteiger partial charge is 0.506 e. The fourth-order valence-corrected chi connectivity index (χ4v) is 1.75. The van der Waals surface area contributed by atoms with Gasteiger partial charge in [-0.05, 0) is 15.9 Å². The van der Waals surface area contributed by atoms with Crippen molar-refractivity contribution in [2.75, 3.05) is 13.2 Å². The maximum atomic E-state index is 10.9. The highest BCUT2D eigenvalue weighted by Crippen LogP contribution is 2.43. The number of ether oxygens (including phenoxy) is 2. The fraction of sp³-hybridized carbons (Fsp3) is 0.222. The van der Waals surface area contributed by atoms with E-state index in [0.717, 1.165) is 0 Å². The lowest BCUT2D eigenvalue weighted by Gasteiger charge is -2.20. The first kappa shape index (κ1) is 10.1. The molecule has 2 N–H and O–H groups in total. The highest BCUT2D eigenvalue weighted by atomic mass is 79.9. The molecule has 0 spiro atoms. The van der Waals surface area contributed by atoms with E-state index >= 15 is 0 Å². The third kappa shape index (κ3) is 1.61. The molecule has 0 atom stereocenters. The molecule has 0 aliphatic carbocycles. The summed E-state index contributed by atoms with van der Waals surface area (Å²) in [4.78, 5) is 10.9. The SMILES string of the molecule is O=C(O)c1c(O)c(Br)cc2c1OCCO2. The van der Waals surface area contributed by atoms with Crippen LogP contribution >= 0.6 is 15.9 Å². The Labute approximate surface area is 93.4 Å². The molecule has 15 heavy (non-hydrogen) atoms. The lowest BCUT2D eigenvalue weighted by Crippen LogP contribution is -2.18. The van der Waals surface area contributed by atoms with Crippen molar-refractivity contribution >= 4 is 21.9 Å². The van der Waals surface area contributed by atoms with Crippen molar-refractivity contribution in [1.82, 2.24) is 0 Å². The van der Waals surface area contributed by atoms with Crippen molar-refractivity contribution < 1.29 is 24.5 Å². The van der Waals surface area contributed by atoms with Crippen LogP contribution in [0.5, 0.6) is 17.2 Å². The Balaban J connectivity index is 2.68. The molecule has 1 aliphatic heterocycles. The second-order valence-corrected chi connectivity index (χ2v) is 3.77. The first-order valence-electron chi connectivity index (χ1n) is 4.15. The van der Waals surface area contributed by atoms with Crippen LogP contribution in [0.15, 0.2) is 10.5 Å². The van der Waals surface area contributed by atoms with Crippen molar-refractivity contribution in [3.63, 3.8) is 0 Å². The molecule has 80 valence electrons. The summed E-state index contributed by atoms with van der Waals surface area (Å²) in [6, 6.07) is 1.48. The monoisotopic (exact) mass is 274 g/mol. The average Bonchev–Trinajstić information content (AvgIpc) is 2.19. The maximum absolute atomic E-state index is 10.9. The molecule has 0 aromatic heterocycles. The van der Waals surface area contributed by atoms with Crippen molar-refractivity contribution in [2.24, 2.45) is 0 Å². The van der Waals surface area contributed by atoms with Gasteiger partial charge in [0.05, 0.1) is 4.47 Å². The summed E-state index contributed by atoms with van der Waals surface area (Å²) in [5.74, 6) is -1.21. The smallest absolute Gasteiger partial charge is 0.343 e. The van der Waals surface area contributed by atoms with Gasteiger partial charge in [-0.25, -0.2) is 4.79 Å². The van der Waals surface area contributed by atoms with Gasteiger partial charge in [-0.1, -0.05) is 0 Å². The van der Waals surface area contributed by atoms with Gasteiger partial charge >= 0.3 is 5.97 Å². The molecule has 0 radical (unpaired) electrons. The van der Waals surface area contributed by atoms with E-state index in [4.69, 9.17) is 14.6 Å². The summed E-state index contributed by atoms with van der Waals surface area (Å²) < 4.78 is 10.7. The van der Waals surface area contributed by atoms with E-state index < -0.39 is 5.97 Å². The predicted octanol–water partition coefficient (Wildman–Crippen LogP) is 1.62. The number of phenols is 1. The summed E-state index contributed by atoms with van der Waals surface area (Å²) in [7, 11) is 0. The molecule has 0 unspecified atom stereocenters. The number of carbonyl (C=O) groups is 1. The van der Waals surface area contributed by atoms with Crippen LogP contribution in [0.2, 0.25) is 0 Å². The Morgan fingerprint density at radius 2 is 2.07 bits per heavy atom. The zero-order valence-electron chi connectivity index (χ0n) is 7.49. The van der Waals surface area contributed by atoms with Gasteiger partial charge in [-0.2, -0.15) is 0 Å². The molecule has 5 nitrogen and oxygen atoms in total. The van der Waals surface area contributed by atoms with Crippen LogP contribution in [-0.4, -0.2) is 29.4 Å². The molecule has 1 aromatic rings. The van der Waals surface area contributed by atoms with E-state index in [9.17, 15) is 9.90 Å². The predicted molar refractivity (Wildman–Crippen MR) is 53.8 cm³/mol. The van der Waals surface area contributed by atoms with Crippen molar-refractivity contribution in [3.05, 3.63) is 16.1 Å². The summed E-state index contributed by atoms with van der Waals surface area (Å²) >= 11 is 3.04. The minimum Gasteiger partial charge on any atom is -0.506 e. The summed E-state index contributed by atoms with van der Waals surface area (Å²) in [6.45, 7) is 0.637. The molecule has 0 fully saturated rings. The Hall–Kier alpha value is -1.43. The third-order valence-corrected chi connectivity index (χ3v) is 2.58. The second kappa shape index (κ2) is 3.62. The van der Waals surface area contributed by atoms with Gasteiger partial charge < -0.3 is 19.7 Å². The fourth-order valence-electron chi connectivity index (χ4n) is 1.34. The van der Waals surface area contributed by atoms with E-state index in [2.05, 4.69) is 15.9 Å². The Morgan fingerprint density at radius 1 is 1.40 bits per heavy atom. The number of fused-ring (bicyclic) bond motifs is 1. The second-order valence-electron chi connectivity index (χ2n) is 2.91. The van der Waals surface area contributed by atoms with E-state index in [0.29, 0.717) is 12.4 Å². The Bertz CT molecular complexity index is 429. The highest BCUT2D eigenvalue weighted by Gasteiger charge is 2.26. The molecule has 0 saturated heterocycles. The third-order valence-electron chi connectivity index (χ3n) is 1.97. The number of carboxylic acid groups (broad SMARTS) is 1. The van der Waals surface area contributed by atoms with E-state index in [-0.39, 0.29) is 28.1 Å².